The van der Waals surface area contributed by atoms with E-state index in [1.54, 1.807) is 0 Å². The van der Waals surface area contributed by atoms with Crippen LogP contribution < -0.4 is 0 Å². The SMILES string of the molecule is CCCN1CCC2C(CCCN2CC)C1. The van der Waals surface area contributed by atoms with E-state index in [0.717, 1.165) is 12.0 Å². The number of fused-ring (bicyclic) bond motifs is 1. The molecule has 88 valence electrons. The van der Waals surface area contributed by atoms with Crippen molar-refractivity contribution in [3.8, 4) is 0 Å². The molecule has 2 aliphatic rings. The van der Waals surface area contributed by atoms with Gasteiger partial charge < -0.3 is 9.80 Å². The van der Waals surface area contributed by atoms with Crippen LogP contribution in [0.2, 0.25) is 0 Å². The molecular formula is C13H26N2. The second-order valence-electron chi connectivity index (χ2n) is 5.19. The first kappa shape index (κ1) is 11.4. The summed E-state index contributed by atoms with van der Waals surface area (Å²) in [5.41, 5.74) is 0. The molecule has 2 nitrogen and oxygen atoms in total. The lowest BCUT2D eigenvalue weighted by Crippen LogP contribution is -2.53. The second-order valence-corrected chi connectivity index (χ2v) is 5.19. The summed E-state index contributed by atoms with van der Waals surface area (Å²) in [4.78, 5) is 5.40. The van der Waals surface area contributed by atoms with E-state index in [-0.39, 0.29) is 0 Å². The number of hydrogen-bond acceptors (Lipinski definition) is 2. The highest BCUT2D eigenvalue weighted by molar-refractivity contribution is 4.89. The van der Waals surface area contributed by atoms with E-state index in [9.17, 15) is 0 Å². The quantitative estimate of drug-likeness (QED) is 0.704. The number of piperidine rings is 2. The second kappa shape index (κ2) is 5.31. The summed E-state index contributed by atoms with van der Waals surface area (Å²) in [5, 5.41) is 0. The molecule has 0 N–H and O–H groups in total. The molecule has 2 aliphatic heterocycles. The first-order valence-corrected chi connectivity index (χ1v) is 6.81. The van der Waals surface area contributed by atoms with Gasteiger partial charge in [0.15, 0.2) is 0 Å². The maximum atomic E-state index is 2.72. The molecule has 2 heteroatoms. The highest BCUT2D eigenvalue weighted by atomic mass is 15.2. The molecule has 0 spiro atoms. The van der Waals surface area contributed by atoms with Crippen LogP contribution in [0, 0.1) is 5.92 Å². The summed E-state index contributed by atoms with van der Waals surface area (Å²) < 4.78 is 0. The molecule has 2 heterocycles. The Kier molecular flexibility index (Phi) is 4.04. The molecule has 2 saturated heterocycles. The van der Waals surface area contributed by atoms with Gasteiger partial charge in [-0.2, -0.15) is 0 Å². The zero-order valence-corrected chi connectivity index (χ0v) is 10.4. The predicted molar refractivity (Wildman–Crippen MR) is 65.1 cm³/mol. The first-order chi connectivity index (χ1) is 7.35. The zero-order valence-electron chi connectivity index (χ0n) is 10.4. The molecule has 2 atom stereocenters. The van der Waals surface area contributed by atoms with Crippen molar-refractivity contribution in [1.82, 2.24) is 9.80 Å². The Labute approximate surface area is 94.6 Å². The van der Waals surface area contributed by atoms with Crippen LogP contribution in [-0.4, -0.2) is 48.6 Å². The summed E-state index contributed by atoms with van der Waals surface area (Å²) >= 11 is 0. The molecule has 0 radical (unpaired) electrons. The fraction of sp³-hybridized carbons (Fsp3) is 1.00. The third-order valence-corrected chi connectivity index (χ3v) is 4.21. The predicted octanol–water partition coefficient (Wildman–Crippen LogP) is 2.20. The lowest BCUT2D eigenvalue weighted by Gasteiger charge is -2.47. The van der Waals surface area contributed by atoms with Crippen LogP contribution in [0.3, 0.4) is 0 Å². The molecule has 0 saturated carbocycles. The van der Waals surface area contributed by atoms with Crippen molar-refractivity contribution in [2.24, 2.45) is 5.92 Å². The molecular weight excluding hydrogens is 184 g/mol. The summed E-state index contributed by atoms with van der Waals surface area (Å²) in [5.74, 6) is 0.971. The first-order valence-electron chi connectivity index (χ1n) is 6.81. The van der Waals surface area contributed by atoms with Gasteiger partial charge in [0.05, 0.1) is 0 Å². The van der Waals surface area contributed by atoms with E-state index in [1.807, 2.05) is 0 Å². The monoisotopic (exact) mass is 210 g/mol. The minimum absolute atomic E-state index is 0.914. The van der Waals surface area contributed by atoms with Gasteiger partial charge in [-0.05, 0) is 57.8 Å². The van der Waals surface area contributed by atoms with Crippen LogP contribution in [0.1, 0.15) is 39.5 Å². The van der Waals surface area contributed by atoms with Crippen LogP contribution in [0.5, 0.6) is 0 Å². The van der Waals surface area contributed by atoms with Gasteiger partial charge in [-0.15, -0.1) is 0 Å². The average Bonchev–Trinajstić information content (AvgIpc) is 2.28. The van der Waals surface area contributed by atoms with Crippen molar-refractivity contribution >= 4 is 0 Å². The van der Waals surface area contributed by atoms with Crippen LogP contribution in [0.4, 0.5) is 0 Å². The molecule has 2 fully saturated rings. The highest BCUT2D eigenvalue weighted by Gasteiger charge is 2.34. The normalized spacial score (nSPS) is 34.0. The van der Waals surface area contributed by atoms with Crippen LogP contribution in [-0.2, 0) is 0 Å². The lowest BCUT2D eigenvalue weighted by atomic mass is 9.84. The maximum Gasteiger partial charge on any atom is 0.0148 e. The summed E-state index contributed by atoms with van der Waals surface area (Å²) in [6.45, 7) is 11.3. The van der Waals surface area contributed by atoms with E-state index in [4.69, 9.17) is 0 Å². The van der Waals surface area contributed by atoms with Crippen molar-refractivity contribution in [3.63, 3.8) is 0 Å². The van der Waals surface area contributed by atoms with E-state index in [2.05, 4.69) is 23.6 Å². The molecule has 15 heavy (non-hydrogen) atoms. The summed E-state index contributed by atoms with van der Waals surface area (Å²) in [7, 11) is 0. The topological polar surface area (TPSA) is 6.48 Å². The Balaban J connectivity index is 1.91. The zero-order chi connectivity index (χ0) is 10.7. The minimum Gasteiger partial charge on any atom is -0.303 e. The largest absolute Gasteiger partial charge is 0.303 e. The maximum absolute atomic E-state index is 2.72. The summed E-state index contributed by atoms with van der Waals surface area (Å²) in [6.07, 6.45) is 5.63. The van der Waals surface area contributed by atoms with Crippen LogP contribution in [0.15, 0.2) is 0 Å². The molecule has 0 bridgehead atoms. The third-order valence-electron chi connectivity index (χ3n) is 4.21. The fourth-order valence-corrected chi connectivity index (χ4v) is 3.49. The van der Waals surface area contributed by atoms with Gasteiger partial charge in [0, 0.05) is 12.6 Å². The lowest BCUT2D eigenvalue weighted by molar-refractivity contribution is 0.0263. The molecule has 0 aromatic heterocycles. The van der Waals surface area contributed by atoms with E-state index in [0.29, 0.717) is 0 Å². The average molecular weight is 210 g/mol. The molecule has 0 aliphatic carbocycles. The Morgan fingerprint density at radius 3 is 2.73 bits per heavy atom. The van der Waals surface area contributed by atoms with Crippen molar-refractivity contribution in [2.75, 3.05) is 32.7 Å². The molecule has 0 aromatic rings. The summed E-state index contributed by atoms with van der Waals surface area (Å²) in [6, 6.07) is 0.914. The Hall–Kier alpha value is -0.0800. The number of nitrogens with zero attached hydrogens (tertiary/aromatic N) is 2. The van der Waals surface area contributed by atoms with Gasteiger partial charge in [0.1, 0.15) is 0 Å². The van der Waals surface area contributed by atoms with Crippen molar-refractivity contribution < 1.29 is 0 Å². The van der Waals surface area contributed by atoms with E-state index < -0.39 is 0 Å². The van der Waals surface area contributed by atoms with E-state index >= 15 is 0 Å². The standard InChI is InChI=1S/C13H26N2/c1-3-8-14-10-7-13-12(11-14)6-5-9-15(13)4-2/h12-13H,3-11H2,1-2H3. The van der Waals surface area contributed by atoms with E-state index in [1.165, 1.54) is 58.4 Å². The van der Waals surface area contributed by atoms with Crippen molar-refractivity contribution in [2.45, 2.75) is 45.6 Å². The number of hydrogen-bond donors (Lipinski definition) is 0. The van der Waals surface area contributed by atoms with Gasteiger partial charge in [-0.25, -0.2) is 0 Å². The fourth-order valence-electron chi connectivity index (χ4n) is 3.49. The van der Waals surface area contributed by atoms with Gasteiger partial charge in [-0.3, -0.25) is 0 Å². The molecule has 2 rings (SSSR count). The van der Waals surface area contributed by atoms with Crippen molar-refractivity contribution in [1.29, 1.82) is 0 Å². The smallest absolute Gasteiger partial charge is 0.0148 e. The number of rotatable bonds is 3. The Bertz CT molecular complexity index is 193. The van der Waals surface area contributed by atoms with Crippen LogP contribution >= 0.6 is 0 Å². The number of likely N-dealkylation sites (tertiary alicyclic amines) is 2. The molecule has 0 aromatic carbocycles. The Morgan fingerprint density at radius 1 is 1.13 bits per heavy atom. The Morgan fingerprint density at radius 2 is 2.00 bits per heavy atom. The van der Waals surface area contributed by atoms with Gasteiger partial charge in [-0.1, -0.05) is 13.8 Å². The van der Waals surface area contributed by atoms with Crippen LogP contribution in [0.25, 0.3) is 0 Å². The van der Waals surface area contributed by atoms with Gasteiger partial charge in [0.2, 0.25) is 0 Å². The molecule has 0 amide bonds. The minimum atomic E-state index is 0.914. The van der Waals surface area contributed by atoms with Gasteiger partial charge >= 0.3 is 0 Å². The molecule has 2 unspecified atom stereocenters. The third kappa shape index (κ3) is 2.54. The van der Waals surface area contributed by atoms with Gasteiger partial charge in [0.25, 0.3) is 0 Å². The highest BCUT2D eigenvalue weighted by Crippen LogP contribution is 2.30. The van der Waals surface area contributed by atoms with Crippen molar-refractivity contribution in [3.05, 3.63) is 0 Å².